The van der Waals surface area contributed by atoms with Crippen molar-refractivity contribution in [1.82, 2.24) is 4.98 Å². The van der Waals surface area contributed by atoms with Crippen LogP contribution in [0, 0.1) is 10.1 Å². The third kappa shape index (κ3) is 2.40. The number of nitro benzene ring substituents is 1. The molecule has 0 aliphatic carbocycles. The molecule has 0 saturated heterocycles. The number of carbonyl (C=O) groups excluding carboxylic acids is 1. The van der Waals surface area contributed by atoms with E-state index in [1.165, 1.54) is 17.0 Å². The molecule has 2 aromatic rings. The van der Waals surface area contributed by atoms with Crippen molar-refractivity contribution in [3.63, 3.8) is 0 Å². The first-order valence-corrected chi connectivity index (χ1v) is 6.28. The molecular weight excluding hydrogens is 274 g/mol. The van der Waals surface area contributed by atoms with Gasteiger partial charge in [0.05, 0.1) is 11.5 Å². The van der Waals surface area contributed by atoms with Crippen LogP contribution in [0.3, 0.4) is 0 Å². The maximum Gasteiger partial charge on any atom is 0.270 e. The van der Waals surface area contributed by atoms with Gasteiger partial charge in [-0.2, -0.15) is 0 Å². The van der Waals surface area contributed by atoms with Crippen molar-refractivity contribution in [2.75, 3.05) is 18.1 Å². The molecule has 2 heterocycles. The zero-order valence-electron chi connectivity index (χ0n) is 10.9. The summed E-state index contributed by atoms with van der Waals surface area (Å²) in [5, 5.41) is 10.8. The van der Waals surface area contributed by atoms with Gasteiger partial charge in [-0.1, -0.05) is 12.1 Å². The highest BCUT2D eigenvalue weighted by Gasteiger charge is 2.20. The van der Waals surface area contributed by atoms with Crippen molar-refractivity contribution in [3.05, 3.63) is 46.6 Å². The van der Waals surface area contributed by atoms with Gasteiger partial charge in [-0.05, 0) is 11.6 Å². The van der Waals surface area contributed by atoms with Crippen molar-refractivity contribution in [2.24, 2.45) is 0 Å². The Balaban J connectivity index is 2.06. The van der Waals surface area contributed by atoms with Gasteiger partial charge in [0.2, 0.25) is 12.3 Å². The topological polar surface area (TPSA) is 85.6 Å². The summed E-state index contributed by atoms with van der Waals surface area (Å²) in [4.78, 5) is 27.1. The summed E-state index contributed by atoms with van der Waals surface area (Å²) in [5.74, 6) is 0.391. The van der Waals surface area contributed by atoms with E-state index in [1.807, 2.05) is 0 Å². The molecule has 0 unspecified atom stereocenters. The number of nitro groups is 1. The van der Waals surface area contributed by atoms with Gasteiger partial charge in [0, 0.05) is 23.9 Å². The third-order valence-electron chi connectivity index (χ3n) is 3.23. The summed E-state index contributed by atoms with van der Waals surface area (Å²) >= 11 is 0. The zero-order chi connectivity index (χ0) is 14.8. The first kappa shape index (κ1) is 13.0. The summed E-state index contributed by atoms with van der Waals surface area (Å²) in [5.41, 5.74) is 1.93. The molecule has 0 N–H and O–H groups in total. The van der Waals surface area contributed by atoms with E-state index in [2.05, 4.69) is 4.98 Å². The van der Waals surface area contributed by atoms with Crippen LogP contribution in [-0.2, 0) is 4.79 Å². The highest BCUT2D eigenvalue weighted by atomic mass is 16.6. The predicted octanol–water partition coefficient (Wildman–Crippen LogP) is 2.01. The number of ether oxygens (including phenoxy) is 1. The fraction of sp³-hybridized carbons (Fsp3) is 0.143. The number of benzene rings is 1. The molecule has 0 fully saturated rings. The highest BCUT2D eigenvalue weighted by Crippen LogP contribution is 2.33. The Morgan fingerprint density at radius 1 is 1.33 bits per heavy atom. The molecule has 1 amide bonds. The predicted molar refractivity (Wildman–Crippen MR) is 75.2 cm³/mol. The minimum Gasteiger partial charge on any atom is -0.474 e. The molecule has 0 spiro atoms. The lowest BCUT2D eigenvalue weighted by atomic mass is 10.1. The van der Waals surface area contributed by atoms with E-state index in [4.69, 9.17) is 4.74 Å². The Morgan fingerprint density at radius 2 is 2.19 bits per heavy atom. The van der Waals surface area contributed by atoms with Crippen LogP contribution in [0.2, 0.25) is 0 Å². The van der Waals surface area contributed by atoms with Crippen LogP contribution < -0.4 is 9.64 Å². The van der Waals surface area contributed by atoms with Crippen LogP contribution in [0.1, 0.15) is 0 Å². The number of amides is 1. The Kier molecular flexibility index (Phi) is 3.23. The summed E-state index contributed by atoms with van der Waals surface area (Å²) in [6.45, 7) is 0.853. The van der Waals surface area contributed by atoms with Crippen LogP contribution in [-0.4, -0.2) is 29.5 Å². The summed E-state index contributed by atoms with van der Waals surface area (Å²) < 4.78 is 5.39. The summed E-state index contributed by atoms with van der Waals surface area (Å²) in [6, 6.07) is 8.01. The molecule has 7 heteroatoms. The number of carbonyl (C=O) groups is 1. The van der Waals surface area contributed by atoms with Crippen LogP contribution >= 0.6 is 0 Å². The molecule has 0 bridgehead atoms. The van der Waals surface area contributed by atoms with Gasteiger partial charge < -0.3 is 9.64 Å². The molecule has 21 heavy (non-hydrogen) atoms. The van der Waals surface area contributed by atoms with E-state index in [0.29, 0.717) is 35.8 Å². The Bertz CT molecular complexity index is 717. The summed E-state index contributed by atoms with van der Waals surface area (Å²) in [7, 11) is 0. The smallest absolute Gasteiger partial charge is 0.270 e. The number of rotatable bonds is 3. The van der Waals surface area contributed by atoms with Crippen molar-refractivity contribution < 1.29 is 14.5 Å². The monoisotopic (exact) mass is 285 g/mol. The lowest BCUT2D eigenvalue weighted by molar-refractivity contribution is -0.384. The van der Waals surface area contributed by atoms with E-state index in [9.17, 15) is 14.9 Å². The molecule has 1 aromatic carbocycles. The second kappa shape index (κ2) is 5.20. The van der Waals surface area contributed by atoms with Crippen LogP contribution in [0.25, 0.3) is 11.1 Å². The molecule has 0 radical (unpaired) electrons. The number of anilines is 1. The Hall–Kier alpha value is -2.96. The number of nitrogens with zero attached hydrogens (tertiary/aromatic N) is 3. The van der Waals surface area contributed by atoms with Crippen molar-refractivity contribution in [2.45, 2.75) is 0 Å². The van der Waals surface area contributed by atoms with Crippen LogP contribution in [0.4, 0.5) is 11.4 Å². The number of fused-ring (bicyclic) bond motifs is 1. The number of hydrogen-bond acceptors (Lipinski definition) is 5. The minimum absolute atomic E-state index is 0.00807. The molecule has 0 atom stereocenters. The lowest BCUT2D eigenvalue weighted by Gasteiger charge is -2.25. The molecule has 106 valence electrons. The van der Waals surface area contributed by atoms with Gasteiger partial charge in [0.15, 0.2) is 0 Å². The number of non-ortho nitro benzene ring substituents is 1. The third-order valence-corrected chi connectivity index (χ3v) is 3.23. The van der Waals surface area contributed by atoms with Crippen LogP contribution in [0.5, 0.6) is 5.88 Å². The Morgan fingerprint density at radius 3 is 2.95 bits per heavy atom. The second-order valence-corrected chi connectivity index (χ2v) is 4.50. The molecule has 7 nitrogen and oxygen atoms in total. The van der Waals surface area contributed by atoms with Gasteiger partial charge in [0.25, 0.3) is 5.69 Å². The average molecular weight is 285 g/mol. The fourth-order valence-corrected chi connectivity index (χ4v) is 2.19. The fourth-order valence-electron chi connectivity index (χ4n) is 2.19. The maximum absolute atomic E-state index is 11.1. The van der Waals surface area contributed by atoms with E-state index < -0.39 is 4.92 Å². The molecular formula is C14H11N3O4. The largest absolute Gasteiger partial charge is 0.474 e. The van der Waals surface area contributed by atoms with Gasteiger partial charge in [-0.25, -0.2) is 4.98 Å². The van der Waals surface area contributed by atoms with E-state index in [1.54, 1.807) is 24.4 Å². The van der Waals surface area contributed by atoms with E-state index in [-0.39, 0.29) is 5.69 Å². The first-order chi connectivity index (χ1) is 10.2. The number of hydrogen-bond donors (Lipinski definition) is 0. The second-order valence-electron chi connectivity index (χ2n) is 4.50. The Labute approximate surface area is 119 Å². The van der Waals surface area contributed by atoms with Crippen molar-refractivity contribution >= 4 is 17.8 Å². The van der Waals surface area contributed by atoms with Gasteiger partial charge in [-0.15, -0.1) is 0 Å². The lowest BCUT2D eigenvalue weighted by Crippen LogP contribution is -2.31. The van der Waals surface area contributed by atoms with Crippen molar-refractivity contribution in [3.8, 4) is 17.0 Å². The molecule has 1 aliphatic rings. The molecule has 1 aromatic heterocycles. The number of aromatic nitrogens is 1. The van der Waals surface area contributed by atoms with E-state index >= 15 is 0 Å². The molecule has 0 saturated carbocycles. The van der Waals surface area contributed by atoms with Gasteiger partial charge in [-0.3, -0.25) is 14.9 Å². The van der Waals surface area contributed by atoms with Crippen molar-refractivity contribution in [1.29, 1.82) is 0 Å². The molecule has 3 rings (SSSR count). The quantitative estimate of drug-likeness (QED) is 0.489. The summed E-state index contributed by atoms with van der Waals surface area (Å²) in [6.07, 6.45) is 2.30. The van der Waals surface area contributed by atoms with Gasteiger partial charge in [0.1, 0.15) is 12.3 Å². The highest BCUT2D eigenvalue weighted by molar-refractivity contribution is 5.82. The van der Waals surface area contributed by atoms with E-state index in [0.717, 1.165) is 6.41 Å². The zero-order valence-corrected chi connectivity index (χ0v) is 10.9. The molecule has 1 aliphatic heterocycles. The SMILES string of the molecule is O=CN1CCOc2ncc(-c3cccc([N+](=O)[O-])c3)cc21. The average Bonchev–Trinajstić information content (AvgIpc) is 2.53. The maximum atomic E-state index is 11.1. The number of pyridine rings is 1. The van der Waals surface area contributed by atoms with Crippen LogP contribution in [0.15, 0.2) is 36.5 Å². The first-order valence-electron chi connectivity index (χ1n) is 6.28. The minimum atomic E-state index is -0.448. The standard InChI is InChI=1S/C14H11N3O4/c18-9-16-4-5-21-14-13(16)7-11(8-15-14)10-2-1-3-12(6-10)17(19)20/h1-3,6-9H,4-5H2. The normalized spacial score (nSPS) is 13.2. The van der Waals surface area contributed by atoms with Gasteiger partial charge >= 0.3 is 0 Å².